The molecule has 110 valence electrons. The molecule has 0 unspecified atom stereocenters. The Morgan fingerprint density at radius 3 is 2.68 bits per heavy atom. The van der Waals surface area contributed by atoms with Gasteiger partial charge < -0.3 is 9.30 Å². The maximum atomic E-state index is 9.21. The molecule has 0 N–H and O–H groups in total. The van der Waals surface area contributed by atoms with E-state index in [1.54, 1.807) is 0 Å². The fraction of sp³-hybridized carbons (Fsp3) is 0.211. The summed E-state index contributed by atoms with van der Waals surface area (Å²) in [5, 5.41) is 10.2. The number of aromatic nitrogens is 1. The Bertz CT molecular complexity index is 827. The summed E-state index contributed by atoms with van der Waals surface area (Å²) in [7, 11) is 0. The molecule has 0 spiro atoms. The van der Waals surface area contributed by atoms with E-state index in [2.05, 4.69) is 16.7 Å². The van der Waals surface area contributed by atoms with E-state index in [0.29, 0.717) is 6.61 Å². The van der Waals surface area contributed by atoms with Crippen molar-refractivity contribution in [1.82, 2.24) is 4.57 Å². The van der Waals surface area contributed by atoms with Crippen LogP contribution in [0.15, 0.2) is 54.7 Å². The monoisotopic (exact) mass is 290 g/mol. The van der Waals surface area contributed by atoms with Crippen molar-refractivity contribution in [3.63, 3.8) is 0 Å². The molecule has 22 heavy (non-hydrogen) atoms. The highest BCUT2D eigenvalue weighted by atomic mass is 16.5. The van der Waals surface area contributed by atoms with Gasteiger partial charge in [-0.15, -0.1) is 0 Å². The summed E-state index contributed by atoms with van der Waals surface area (Å²) in [6.45, 7) is 3.56. The van der Waals surface area contributed by atoms with Crippen LogP contribution in [0.3, 0.4) is 0 Å². The first-order valence-electron chi connectivity index (χ1n) is 7.46. The average Bonchev–Trinajstić information content (AvgIpc) is 2.91. The Kier molecular flexibility index (Phi) is 4.11. The van der Waals surface area contributed by atoms with Crippen LogP contribution >= 0.6 is 0 Å². The van der Waals surface area contributed by atoms with Gasteiger partial charge in [0.15, 0.2) is 0 Å². The SMILES string of the molecule is Cc1ccccc1OCCCn1cc(C#N)c2ccccc21. The zero-order valence-corrected chi connectivity index (χ0v) is 12.6. The van der Waals surface area contributed by atoms with Crippen molar-refractivity contribution in [3.8, 4) is 11.8 Å². The predicted octanol–water partition coefficient (Wildman–Crippen LogP) is 4.29. The van der Waals surface area contributed by atoms with E-state index in [0.717, 1.165) is 40.7 Å². The van der Waals surface area contributed by atoms with Crippen molar-refractivity contribution in [3.05, 3.63) is 65.9 Å². The minimum atomic E-state index is 0.666. The van der Waals surface area contributed by atoms with E-state index in [1.165, 1.54) is 0 Å². The van der Waals surface area contributed by atoms with Gasteiger partial charge in [0, 0.05) is 23.6 Å². The van der Waals surface area contributed by atoms with Crippen LogP contribution in [0, 0.1) is 18.3 Å². The number of hydrogen-bond donors (Lipinski definition) is 0. The van der Waals surface area contributed by atoms with Crippen LogP contribution in [0.1, 0.15) is 17.5 Å². The number of nitrogens with zero attached hydrogens (tertiary/aromatic N) is 2. The number of benzene rings is 2. The molecule has 1 heterocycles. The average molecular weight is 290 g/mol. The second-order valence-electron chi connectivity index (χ2n) is 5.33. The number of rotatable bonds is 5. The fourth-order valence-electron chi connectivity index (χ4n) is 2.66. The fourth-order valence-corrected chi connectivity index (χ4v) is 2.66. The molecule has 2 aromatic carbocycles. The summed E-state index contributed by atoms with van der Waals surface area (Å²) >= 11 is 0. The second kappa shape index (κ2) is 6.36. The third-order valence-corrected chi connectivity index (χ3v) is 3.80. The highest BCUT2D eigenvalue weighted by molar-refractivity contribution is 5.86. The molecule has 0 aliphatic carbocycles. The van der Waals surface area contributed by atoms with Crippen LogP contribution in [-0.4, -0.2) is 11.2 Å². The lowest BCUT2D eigenvalue weighted by Crippen LogP contribution is -2.04. The minimum absolute atomic E-state index is 0.666. The Labute approximate surface area is 130 Å². The zero-order chi connectivity index (χ0) is 15.4. The lowest BCUT2D eigenvalue weighted by Gasteiger charge is -2.09. The Hall–Kier alpha value is -2.73. The van der Waals surface area contributed by atoms with E-state index in [9.17, 15) is 5.26 Å². The molecule has 0 saturated carbocycles. The van der Waals surface area contributed by atoms with Crippen molar-refractivity contribution in [2.24, 2.45) is 0 Å². The number of hydrogen-bond acceptors (Lipinski definition) is 2. The first kappa shape index (κ1) is 14.2. The van der Waals surface area contributed by atoms with Gasteiger partial charge in [0.05, 0.1) is 12.2 Å². The van der Waals surface area contributed by atoms with Crippen LogP contribution in [0.4, 0.5) is 0 Å². The zero-order valence-electron chi connectivity index (χ0n) is 12.6. The Morgan fingerprint density at radius 1 is 1.09 bits per heavy atom. The number of ether oxygens (including phenoxy) is 1. The van der Waals surface area contributed by atoms with E-state index in [-0.39, 0.29) is 0 Å². The van der Waals surface area contributed by atoms with Crippen LogP contribution in [0.25, 0.3) is 10.9 Å². The van der Waals surface area contributed by atoms with E-state index in [1.807, 2.05) is 55.6 Å². The first-order chi connectivity index (χ1) is 10.8. The van der Waals surface area contributed by atoms with Gasteiger partial charge in [-0.05, 0) is 31.0 Å². The van der Waals surface area contributed by atoms with Gasteiger partial charge in [0.1, 0.15) is 11.8 Å². The van der Waals surface area contributed by atoms with Crippen LogP contribution in [-0.2, 0) is 6.54 Å². The molecular formula is C19H18N2O. The minimum Gasteiger partial charge on any atom is -0.493 e. The van der Waals surface area contributed by atoms with Gasteiger partial charge >= 0.3 is 0 Å². The molecule has 0 fully saturated rings. The molecule has 3 rings (SSSR count). The van der Waals surface area contributed by atoms with E-state index >= 15 is 0 Å². The number of para-hydroxylation sites is 2. The topological polar surface area (TPSA) is 38.0 Å². The molecule has 0 amide bonds. The molecule has 3 aromatic rings. The molecule has 0 bridgehead atoms. The summed E-state index contributed by atoms with van der Waals surface area (Å²) < 4.78 is 7.96. The van der Waals surface area contributed by atoms with Crippen molar-refractivity contribution >= 4 is 10.9 Å². The largest absolute Gasteiger partial charge is 0.493 e. The normalized spacial score (nSPS) is 10.5. The maximum Gasteiger partial charge on any atom is 0.122 e. The third kappa shape index (κ3) is 2.82. The Balaban J connectivity index is 1.65. The van der Waals surface area contributed by atoms with Gasteiger partial charge in [0.2, 0.25) is 0 Å². The van der Waals surface area contributed by atoms with Crippen LogP contribution < -0.4 is 4.74 Å². The number of nitriles is 1. The Morgan fingerprint density at radius 2 is 1.86 bits per heavy atom. The predicted molar refractivity (Wildman–Crippen MR) is 87.9 cm³/mol. The molecule has 0 saturated heterocycles. The summed E-state index contributed by atoms with van der Waals surface area (Å²) in [5.74, 6) is 0.942. The lowest BCUT2D eigenvalue weighted by molar-refractivity contribution is 0.301. The van der Waals surface area contributed by atoms with Crippen LogP contribution in [0.5, 0.6) is 5.75 Å². The van der Waals surface area contributed by atoms with Crippen molar-refractivity contribution < 1.29 is 4.74 Å². The van der Waals surface area contributed by atoms with Gasteiger partial charge in [-0.3, -0.25) is 0 Å². The first-order valence-corrected chi connectivity index (χ1v) is 7.46. The van der Waals surface area contributed by atoms with E-state index < -0.39 is 0 Å². The molecule has 0 aliphatic heterocycles. The molecule has 1 aromatic heterocycles. The van der Waals surface area contributed by atoms with Crippen LogP contribution in [0.2, 0.25) is 0 Å². The van der Waals surface area contributed by atoms with E-state index in [4.69, 9.17) is 4.74 Å². The molecule has 3 heteroatoms. The summed E-state index contributed by atoms with van der Waals surface area (Å²) in [5.41, 5.74) is 2.99. The summed E-state index contributed by atoms with van der Waals surface area (Å²) in [4.78, 5) is 0. The maximum absolute atomic E-state index is 9.21. The number of fused-ring (bicyclic) bond motifs is 1. The highest BCUT2D eigenvalue weighted by Crippen LogP contribution is 2.21. The quantitative estimate of drug-likeness (QED) is 0.657. The van der Waals surface area contributed by atoms with Gasteiger partial charge in [-0.1, -0.05) is 36.4 Å². The van der Waals surface area contributed by atoms with Crippen molar-refractivity contribution in [2.75, 3.05) is 6.61 Å². The number of aryl methyl sites for hydroxylation is 2. The highest BCUT2D eigenvalue weighted by Gasteiger charge is 2.07. The third-order valence-electron chi connectivity index (χ3n) is 3.80. The molecule has 0 aliphatic rings. The van der Waals surface area contributed by atoms with Gasteiger partial charge in [-0.25, -0.2) is 0 Å². The van der Waals surface area contributed by atoms with Gasteiger partial charge in [-0.2, -0.15) is 5.26 Å². The smallest absolute Gasteiger partial charge is 0.122 e. The second-order valence-corrected chi connectivity index (χ2v) is 5.33. The summed E-state index contributed by atoms with van der Waals surface area (Å²) in [6, 6.07) is 18.3. The molecule has 0 radical (unpaired) electrons. The molecule has 0 atom stereocenters. The van der Waals surface area contributed by atoms with Crippen molar-refractivity contribution in [2.45, 2.75) is 19.9 Å². The van der Waals surface area contributed by atoms with Gasteiger partial charge in [0.25, 0.3) is 0 Å². The lowest BCUT2D eigenvalue weighted by atomic mass is 10.2. The van der Waals surface area contributed by atoms with Crippen molar-refractivity contribution in [1.29, 1.82) is 5.26 Å². The standard InChI is InChI=1S/C19H18N2O/c1-15-7-2-5-10-19(15)22-12-6-11-21-14-16(13-20)17-8-3-4-9-18(17)21/h2-5,7-10,14H,6,11-12H2,1H3. The molecular weight excluding hydrogens is 272 g/mol. The summed E-state index contributed by atoms with van der Waals surface area (Å²) in [6.07, 6.45) is 2.83. The molecule has 3 nitrogen and oxygen atoms in total.